The molecule has 0 bridgehead atoms. The second-order valence-electron chi connectivity index (χ2n) is 15.6. The molecule has 1 aliphatic heterocycles. The molecule has 0 unspecified atom stereocenters. The number of nitrogens with two attached hydrogens (primary N) is 2. The maximum absolute atomic E-state index is 12.9. The Morgan fingerprint density at radius 3 is 1.98 bits per heavy atom. The molecule has 0 spiro atoms. The molecule has 1 saturated heterocycles. The molecule has 1 aliphatic rings. The molecule has 0 aliphatic carbocycles. The molecule has 1 atom stereocenters. The van der Waals surface area contributed by atoms with Crippen molar-refractivity contribution >= 4 is 55.6 Å². The van der Waals surface area contributed by atoms with E-state index in [2.05, 4.69) is 26.6 Å². The summed E-state index contributed by atoms with van der Waals surface area (Å²) in [5.74, 6) is -0.598. The summed E-state index contributed by atoms with van der Waals surface area (Å²) >= 11 is 3.35. The van der Waals surface area contributed by atoms with Crippen LogP contribution in [0.25, 0.3) is 21.8 Å². The smallest absolute Gasteiger partial charge is 0.336 e. The van der Waals surface area contributed by atoms with E-state index in [0.717, 1.165) is 72.0 Å². The van der Waals surface area contributed by atoms with Crippen LogP contribution in [-0.2, 0) is 48.7 Å². The molecule has 64 heavy (non-hydrogen) atoms. The summed E-state index contributed by atoms with van der Waals surface area (Å²) in [6, 6.07) is 35.7. The zero-order chi connectivity index (χ0) is 45.2. The van der Waals surface area contributed by atoms with Gasteiger partial charge in [-0.3, -0.25) is 4.79 Å². The topological polar surface area (TPSA) is 199 Å². The normalized spacial score (nSPS) is 13.3. The maximum Gasteiger partial charge on any atom is 0.336 e. The van der Waals surface area contributed by atoms with Crippen molar-refractivity contribution in [2.24, 2.45) is 11.5 Å². The fraction of sp³-hybridized carbons (Fsp3) is 0.240. The number of rotatable bonds is 16. The van der Waals surface area contributed by atoms with Gasteiger partial charge in [0.05, 0.1) is 17.2 Å². The molecule has 6 N–H and O–H groups in total. The fourth-order valence-corrected chi connectivity index (χ4v) is 8.48. The Bertz CT molecular complexity index is 2830. The third-order valence-corrected chi connectivity index (χ3v) is 11.7. The highest BCUT2D eigenvalue weighted by molar-refractivity contribution is 9.10. The molecule has 0 saturated carbocycles. The molecule has 13 nitrogen and oxygen atoms in total. The molecule has 0 radical (unpaired) electrons. The number of carboxylic acids is 2. The van der Waals surface area contributed by atoms with Crippen molar-refractivity contribution in [1.82, 2.24) is 14.0 Å². The summed E-state index contributed by atoms with van der Waals surface area (Å²) in [5.41, 5.74) is 19.3. The zero-order valence-corrected chi connectivity index (χ0v) is 36.7. The third-order valence-electron chi connectivity index (χ3n) is 11.2. The van der Waals surface area contributed by atoms with Gasteiger partial charge in [-0.1, -0.05) is 64.5 Å². The number of halogens is 1. The molecular formula is C50H49BrN6O7. The van der Waals surface area contributed by atoms with Crippen molar-refractivity contribution in [2.75, 3.05) is 19.6 Å². The Balaban J connectivity index is 0.000000192. The van der Waals surface area contributed by atoms with Crippen LogP contribution in [0.5, 0.6) is 11.5 Å². The quantitative estimate of drug-likeness (QED) is 0.0739. The molecule has 7 aromatic rings. The first kappa shape index (κ1) is 45.1. The Hall–Kier alpha value is -6.92. The van der Waals surface area contributed by atoms with Crippen molar-refractivity contribution in [3.63, 3.8) is 0 Å². The zero-order valence-electron chi connectivity index (χ0n) is 35.2. The summed E-state index contributed by atoms with van der Waals surface area (Å²) < 4.78 is 16.6. The van der Waals surface area contributed by atoms with Crippen molar-refractivity contribution in [3.05, 3.63) is 165 Å². The van der Waals surface area contributed by atoms with Crippen LogP contribution in [0.1, 0.15) is 56.6 Å². The minimum absolute atomic E-state index is 0.106. The van der Waals surface area contributed by atoms with Crippen LogP contribution in [0.4, 0.5) is 0 Å². The van der Waals surface area contributed by atoms with Crippen LogP contribution in [0.15, 0.2) is 126 Å². The number of nitrogens with zero attached hydrogens (tertiary/aromatic N) is 4. The van der Waals surface area contributed by atoms with E-state index < -0.39 is 18.0 Å². The molecule has 2 aromatic heterocycles. The second kappa shape index (κ2) is 21.0. The number of aromatic carboxylic acids is 1. The van der Waals surface area contributed by atoms with E-state index >= 15 is 0 Å². The summed E-state index contributed by atoms with van der Waals surface area (Å²) in [7, 11) is 0. The summed E-state index contributed by atoms with van der Waals surface area (Å²) in [6.07, 6.45) is 6.59. The lowest BCUT2D eigenvalue weighted by Crippen LogP contribution is -2.41. The number of aromatic nitrogens is 2. The van der Waals surface area contributed by atoms with Crippen molar-refractivity contribution < 1.29 is 34.1 Å². The van der Waals surface area contributed by atoms with E-state index in [0.29, 0.717) is 64.2 Å². The molecule has 1 amide bonds. The maximum atomic E-state index is 12.9. The van der Waals surface area contributed by atoms with Crippen LogP contribution in [-0.4, -0.2) is 67.8 Å². The monoisotopic (exact) mass is 924 g/mol. The summed E-state index contributed by atoms with van der Waals surface area (Å²) in [6.45, 7) is 2.85. The number of amides is 1. The number of nitriles is 1. The van der Waals surface area contributed by atoms with Gasteiger partial charge in [0, 0.05) is 51.8 Å². The SMILES string of the molecule is N#Cc1cccc(COc2ccc3c(c2)c(CCN)cn3Cc2ccc(Br)cc2C(=O)O)c1.NCCc1cn(CC(=O)N2CCC[C@H]2C(=O)O)c2ccc(OCc3ccccc3)cc12. The van der Waals surface area contributed by atoms with Gasteiger partial charge in [0.15, 0.2) is 0 Å². The highest BCUT2D eigenvalue weighted by atomic mass is 79.9. The number of carbonyl (C=O) groups excluding carboxylic acids is 1. The van der Waals surface area contributed by atoms with Gasteiger partial charge in [-0.25, -0.2) is 9.59 Å². The molecule has 3 heterocycles. The first-order chi connectivity index (χ1) is 31.0. The molecular weight excluding hydrogens is 876 g/mol. The van der Waals surface area contributed by atoms with Gasteiger partial charge >= 0.3 is 11.9 Å². The van der Waals surface area contributed by atoms with E-state index in [1.807, 2.05) is 114 Å². The van der Waals surface area contributed by atoms with Crippen molar-refractivity contribution in [1.29, 1.82) is 5.26 Å². The number of carboxylic acid groups (broad SMARTS) is 2. The van der Waals surface area contributed by atoms with Crippen LogP contribution in [0.3, 0.4) is 0 Å². The lowest BCUT2D eigenvalue weighted by atomic mass is 10.1. The van der Waals surface area contributed by atoms with Crippen LogP contribution < -0.4 is 20.9 Å². The Morgan fingerprint density at radius 1 is 0.734 bits per heavy atom. The Morgan fingerprint density at radius 2 is 1.36 bits per heavy atom. The van der Waals surface area contributed by atoms with Gasteiger partial charge in [-0.05, 0) is 127 Å². The number of hydrogen-bond donors (Lipinski definition) is 4. The average molecular weight is 926 g/mol. The molecule has 328 valence electrons. The van der Waals surface area contributed by atoms with Gasteiger partial charge in [0.1, 0.15) is 37.3 Å². The van der Waals surface area contributed by atoms with E-state index in [4.69, 9.17) is 26.2 Å². The van der Waals surface area contributed by atoms with Gasteiger partial charge in [0.25, 0.3) is 0 Å². The Labute approximate surface area is 379 Å². The number of fused-ring (bicyclic) bond motifs is 2. The third kappa shape index (κ3) is 10.8. The van der Waals surface area contributed by atoms with Crippen LogP contribution in [0.2, 0.25) is 0 Å². The van der Waals surface area contributed by atoms with Gasteiger partial charge in [-0.2, -0.15) is 5.26 Å². The molecule has 5 aromatic carbocycles. The Kier molecular flexibility index (Phi) is 14.8. The number of carbonyl (C=O) groups is 3. The van der Waals surface area contributed by atoms with E-state index in [1.54, 1.807) is 12.1 Å². The van der Waals surface area contributed by atoms with Crippen molar-refractivity contribution in [3.8, 4) is 17.6 Å². The lowest BCUT2D eigenvalue weighted by molar-refractivity contribution is -0.148. The lowest BCUT2D eigenvalue weighted by Gasteiger charge is -2.21. The first-order valence-electron chi connectivity index (χ1n) is 21.0. The summed E-state index contributed by atoms with van der Waals surface area (Å²) in [4.78, 5) is 37.5. The number of aliphatic carboxylic acids is 1. The van der Waals surface area contributed by atoms with E-state index in [-0.39, 0.29) is 18.0 Å². The first-order valence-corrected chi connectivity index (χ1v) is 21.8. The van der Waals surface area contributed by atoms with Gasteiger partial charge < -0.3 is 45.2 Å². The van der Waals surface area contributed by atoms with Gasteiger partial charge in [0.2, 0.25) is 5.91 Å². The highest BCUT2D eigenvalue weighted by Gasteiger charge is 2.34. The molecule has 8 rings (SSSR count). The number of hydrogen-bond acceptors (Lipinski definition) is 8. The molecule has 1 fully saturated rings. The highest BCUT2D eigenvalue weighted by Crippen LogP contribution is 2.30. The van der Waals surface area contributed by atoms with E-state index in [9.17, 15) is 24.6 Å². The van der Waals surface area contributed by atoms with E-state index in [1.165, 1.54) is 4.90 Å². The van der Waals surface area contributed by atoms with Gasteiger partial charge in [-0.15, -0.1) is 0 Å². The summed E-state index contributed by atoms with van der Waals surface area (Å²) in [5, 5.41) is 30.1. The minimum atomic E-state index is -0.957. The largest absolute Gasteiger partial charge is 0.489 e. The fourth-order valence-electron chi connectivity index (χ4n) is 8.12. The van der Waals surface area contributed by atoms with Crippen LogP contribution >= 0.6 is 15.9 Å². The number of likely N-dealkylation sites (tertiary alicyclic amines) is 1. The number of ether oxygens (including phenoxy) is 2. The predicted molar refractivity (Wildman–Crippen MR) is 248 cm³/mol. The average Bonchev–Trinajstić information content (AvgIpc) is 4.03. The van der Waals surface area contributed by atoms with Crippen molar-refractivity contribution in [2.45, 2.75) is 58.0 Å². The minimum Gasteiger partial charge on any atom is -0.489 e. The predicted octanol–water partition coefficient (Wildman–Crippen LogP) is 7.90. The second-order valence-corrected chi connectivity index (χ2v) is 16.5. The molecule has 14 heteroatoms. The van der Waals surface area contributed by atoms with Crippen LogP contribution in [0, 0.1) is 11.3 Å². The standard InChI is InChI=1S/C26H22BrN3O3.C24H27N3O4/c27-21-5-4-19(24(11-21)26(31)32)14-30-15-20(8-9-28)23-12-22(6-7-25(23)30)33-16-18-3-1-2-17(10-18)13-29;25-11-10-18-14-26(15-23(28)27-12-4-7-22(27)24(29)30)21-9-8-19(13-20(18)21)31-16-17-5-2-1-3-6-17/h1-7,10-12,15H,8-9,14,16,28H2,(H,31,32);1-3,5-6,8-9,13-14,22H,4,7,10-12,15-16,25H2,(H,29,30)/t;22-/m.0/s1. The number of benzene rings is 5.